The second-order valence-electron chi connectivity index (χ2n) is 5.98. The van der Waals surface area contributed by atoms with E-state index in [1.807, 2.05) is 60.8 Å². The number of carbonyl (C=O) groups excluding carboxylic acids is 1. The molecule has 0 aliphatic heterocycles. The Hall–Kier alpha value is -3.41. The fourth-order valence-corrected chi connectivity index (χ4v) is 2.82. The number of rotatable bonds is 5. The molecule has 0 amide bonds. The van der Waals surface area contributed by atoms with Crippen molar-refractivity contribution in [3.05, 3.63) is 72.2 Å². The standard InChI is InChI=1S/C20H17N3O3/c1-13(19-22-23-20(26-19)14-7-3-2-4-8-14)25-18(24)11-15-12-21-17-10-6-5-9-16(15)17/h2-10,12-13,21H,11H2,1H3/t13-/m1/s1. The molecule has 0 spiro atoms. The third-order valence-electron chi connectivity index (χ3n) is 4.13. The first-order valence-corrected chi connectivity index (χ1v) is 8.34. The molecule has 130 valence electrons. The zero-order valence-corrected chi connectivity index (χ0v) is 14.2. The zero-order chi connectivity index (χ0) is 17.9. The Bertz CT molecular complexity index is 1040. The lowest BCUT2D eigenvalue weighted by Gasteiger charge is -2.09. The number of hydrogen-bond acceptors (Lipinski definition) is 5. The second-order valence-corrected chi connectivity index (χ2v) is 5.98. The first-order valence-electron chi connectivity index (χ1n) is 8.34. The van der Waals surface area contributed by atoms with Gasteiger partial charge in [-0.15, -0.1) is 10.2 Å². The Morgan fingerprint density at radius 3 is 2.73 bits per heavy atom. The van der Waals surface area contributed by atoms with Crippen LogP contribution < -0.4 is 0 Å². The molecule has 0 radical (unpaired) electrons. The minimum Gasteiger partial charge on any atom is -0.452 e. The topological polar surface area (TPSA) is 81.0 Å². The SMILES string of the molecule is C[C@@H](OC(=O)Cc1c[nH]c2ccccc12)c1nnc(-c2ccccc2)o1. The summed E-state index contributed by atoms with van der Waals surface area (Å²) in [5.41, 5.74) is 2.71. The Morgan fingerprint density at radius 1 is 1.12 bits per heavy atom. The lowest BCUT2D eigenvalue weighted by atomic mass is 10.1. The van der Waals surface area contributed by atoms with E-state index < -0.39 is 6.10 Å². The van der Waals surface area contributed by atoms with E-state index >= 15 is 0 Å². The lowest BCUT2D eigenvalue weighted by Crippen LogP contribution is -2.11. The van der Waals surface area contributed by atoms with Crippen LogP contribution in [0.5, 0.6) is 0 Å². The second kappa shape index (κ2) is 6.84. The van der Waals surface area contributed by atoms with E-state index in [1.54, 1.807) is 6.92 Å². The first kappa shape index (κ1) is 16.1. The van der Waals surface area contributed by atoms with E-state index in [2.05, 4.69) is 15.2 Å². The van der Waals surface area contributed by atoms with Crippen molar-refractivity contribution in [2.75, 3.05) is 0 Å². The van der Waals surface area contributed by atoms with E-state index in [-0.39, 0.29) is 18.3 Å². The highest BCUT2D eigenvalue weighted by Gasteiger charge is 2.20. The van der Waals surface area contributed by atoms with Crippen molar-refractivity contribution in [1.82, 2.24) is 15.2 Å². The molecule has 26 heavy (non-hydrogen) atoms. The van der Waals surface area contributed by atoms with Gasteiger partial charge in [0.2, 0.25) is 5.89 Å². The van der Waals surface area contributed by atoms with Crippen molar-refractivity contribution < 1.29 is 13.9 Å². The van der Waals surface area contributed by atoms with Crippen LogP contribution in [0.1, 0.15) is 24.5 Å². The highest BCUT2D eigenvalue weighted by Crippen LogP contribution is 2.23. The maximum absolute atomic E-state index is 12.3. The molecule has 2 heterocycles. The maximum atomic E-state index is 12.3. The normalized spacial score (nSPS) is 12.2. The van der Waals surface area contributed by atoms with Gasteiger partial charge in [0.05, 0.1) is 6.42 Å². The molecule has 0 unspecified atom stereocenters. The average Bonchev–Trinajstić information content (AvgIpc) is 3.30. The van der Waals surface area contributed by atoms with Crippen LogP contribution in [0.4, 0.5) is 0 Å². The third-order valence-corrected chi connectivity index (χ3v) is 4.13. The van der Waals surface area contributed by atoms with Crippen LogP contribution in [0, 0.1) is 0 Å². The quantitative estimate of drug-likeness (QED) is 0.551. The van der Waals surface area contributed by atoms with Crippen LogP contribution in [0.25, 0.3) is 22.4 Å². The number of para-hydroxylation sites is 1. The number of nitrogens with zero attached hydrogens (tertiary/aromatic N) is 2. The van der Waals surface area contributed by atoms with Gasteiger partial charge in [0.1, 0.15) is 0 Å². The molecule has 2 aromatic carbocycles. The van der Waals surface area contributed by atoms with E-state index in [9.17, 15) is 4.79 Å². The molecule has 0 aliphatic carbocycles. The van der Waals surface area contributed by atoms with Crippen molar-refractivity contribution >= 4 is 16.9 Å². The predicted molar refractivity (Wildman–Crippen MR) is 96.2 cm³/mol. The summed E-state index contributed by atoms with van der Waals surface area (Å²) in [6, 6.07) is 17.3. The number of hydrogen-bond donors (Lipinski definition) is 1. The maximum Gasteiger partial charge on any atom is 0.311 e. The highest BCUT2D eigenvalue weighted by molar-refractivity contribution is 5.87. The van der Waals surface area contributed by atoms with Crippen molar-refractivity contribution in [2.24, 2.45) is 0 Å². The Labute approximate surface area is 149 Å². The molecule has 1 atom stereocenters. The smallest absolute Gasteiger partial charge is 0.311 e. The van der Waals surface area contributed by atoms with E-state index in [4.69, 9.17) is 9.15 Å². The number of fused-ring (bicyclic) bond motifs is 1. The summed E-state index contributed by atoms with van der Waals surface area (Å²) >= 11 is 0. The van der Waals surface area contributed by atoms with E-state index in [0.29, 0.717) is 5.89 Å². The number of ether oxygens (including phenoxy) is 1. The molecule has 0 aliphatic rings. The zero-order valence-electron chi connectivity index (χ0n) is 14.2. The van der Waals surface area contributed by atoms with Crippen LogP contribution >= 0.6 is 0 Å². The number of esters is 1. The molecule has 6 heteroatoms. The average molecular weight is 347 g/mol. The largest absolute Gasteiger partial charge is 0.452 e. The molecule has 0 fully saturated rings. The number of H-pyrrole nitrogens is 1. The summed E-state index contributed by atoms with van der Waals surface area (Å²) in [5, 5.41) is 9.03. The Morgan fingerprint density at radius 2 is 1.88 bits per heavy atom. The van der Waals surface area contributed by atoms with Crippen LogP contribution in [0.3, 0.4) is 0 Å². The molecule has 0 saturated carbocycles. The Kier molecular flexibility index (Phi) is 4.23. The molecule has 1 N–H and O–H groups in total. The highest BCUT2D eigenvalue weighted by atomic mass is 16.6. The van der Waals surface area contributed by atoms with Crippen LogP contribution in [-0.2, 0) is 16.0 Å². The summed E-state index contributed by atoms with van der Waals surface area (Å²) in [6.45, 7) is 1.72. The summed E-state index contributed by atoms with van der Waals surface area (Å²) in [5.74, 6) is 0.331. The molecule has 4 rings (SSSR count). The van der Waals surface area contributed by atoms with Gasteiger partial charge in [-0.05, 0) is 30.7 Å². The van der Waals surface area contributed by atoms with Crippen molar-refractivity contribution in [1.29, 1.82) is 0 Å². The van der Waals surface area contributed by atoms with Crippen molar-refractivity contribution in [2.45, 2.75) is 19.4 Å². The fourth-order valence-electron chi connectivity index (χ4n) is 2.82. The minimum atomic E-state index is -0.613. The van der Waals surface area contributed by atoms with Crippen LogP contribution in [0.2, 0.25) is 0 Å². The monoisotopic (exact) mass is 347 g/mol. The molecular formula is C20H17N3O3. The molecule has 2 aromatic heterocycles. The van der Waals surface area contributed by atoms with Gasteiger partial charge in [-0.3, -0.25) is 4.79 Å². The molecule has 0 saturated heterocycles. The van der Waals surface area contributed by atoms with Gasteiger partial charge in [-0.2, -0.15) is 0 Å². The van der Waals surface area contributed by atoms with Gasteiger partial charge < -0.3 is 14.1 Å². The van der Waals surface area contributed by atoms with E-state index in [0.717, 1.165) is 22.0 Å². The van der Waals surface area contributed by atoms with E-state index in [1.165, 1.54) is 0 Å². The van der Waals surface area contributed by atoms with Crippen LogP contribution in [-0.4, -0.2) is 21.2 Å². The summed E-state index contributed by atoms with van der Waals surface area (Å²) < 4.78 is 11.1. The number of aromatic amines is 1. The van der Waals surface area contributed by atoms with Crippen molar-refractivity contribution in [3.8, 4) is 11.5 Å². The molecule has 0 bridgehead atoms. The van der Waals surface area contributed by atoms with Gasteiger partial charge >= 0.3 is 5.97 Å². The predicted octanol–water partition coefficient (Wildman–Crippen LogP) is 4.06. The number of benzene rings is 2. The summed E-state index contributed by atoms with van der Waals surface area (Å²) in [7, 11) is 0. The molecule has 4 aromatic rings. The van der Waals surface area contributed by atoms with Gasteiger partial charge in [-0.1, -0.05) is 36.4 Å². The third kappa shape index (κ3) is 3.21. The minimum absolute atomic E-state index is 0.175. The molecule has 6 nitrogen and oxygen atoms in total. The first-order chi connectivity index (χ1) is 12.7. The fraction of sp³-hybridized carbons (Fsp3) is 0.150. The number of nitrogens with one attached hydrogen (secondary N) is 1. The van der Waals surface area contributed by atoms with Gasteiger partial charge in [-0.25, -0.2) is 0 Å². The Balaban J connectivity index is 1.44. The lowest BCUT2D eigenvalue weighted by molar-refractivity contribution is -0.148. The summed E-state index contributed by atoms with van der Waals surface area (Å²) in [4.78, 5) is 15.4. The van der Waals surface area contributed by atoms with Gasteiger partial charge in [0, 0.05) is 22.7 Å². The van der Waals surface area contributed by atoms with Gasteiger partial charge in [0.25, 0.3) is 5.89 Å². The van der Waals surface area contributed by atoms with Crippen LogP contribution in [0.15, 0.2) is 65.2 Å². The van der Waals surface area contributed by atoms with Crippen molar-refractivity contribution in [3.63, 3.8) is 0 Å². The number of aromatic nitrogens is 3. The summed E-state index contributed by atoms with van der Waals surface area (Å²) in [6.07, 6.45) is 1.39. The van der Waals surface area contributed by atoms with Gasteiger partial charge in [0.15, 0.2) is 6.10 Å². The molecular weight excluding hydrogens is 330 g/mol. The number of carbonyl (C=O) groups is 1.